The molecule has 4 N–H and O–H groups in total. The second kappa shape index (κ2) is 8.29. The molecule has 0 spiro atoms. The summed E-state index contributed by atoms with van der Waals surface area (Å²) in [6, 6.07) is 7.54. The highest BCUT2D eigenvalue weighted by Gasteiger charge is 2.05. The predicted octanol–water partition coefficient (Wildman–Crippen LogP) is 1.46. The second-order valence-corrected chi connectivity index (χ2v) is 4.33. The van der Waals surface area contributed by atoms with Crippen LogP contribution in [0.25, 0.3) is 0 Å². The van der Waals surface area contributed by atoms with Crippen molar-refractivity contribution in [3.8, 4) is 0 Å². The first-order chi connectivity index (χ1) is 9.15. The standard InChI is InChI=1S/C14H21N3O2/c1-11(2)10-19-8-7-16-9-12-5-3-4-6-13(12)14(15)17-18/h3-6,16,18H,1,7-10H2,2H3,(H2,15,17). The molecule has 0 aliphatic carbocycles. The maximum atomic E-state index is 8.72. The van der Waals surface area contributed by atoms with Crippen molar-refractivity contribution in [1.29, 1.82) is 0 Å². The molecule has 0 atom stereocenters. The number of nitrogens with two attached hydrogens (primary N) is 1. The summed E-state index contributed by atoms with van der Waals surface area (Å²) in [5.74, 6) is 0.121. The molecule has 0 aliphatic heterocycles. The van der Waals surface area contributed by atoms with Gasteiger partial charge in [-0.3, -0.25) is 0 Å². The number of oxime groups is 1. The SMILES string of the molecule is C=C(C)COCCNCc1ccccc1/C(N)=N/O. The van der Waals surface area contributed by atoms with E-state index in [0.29, 0.717) is 19.8 Å². The Balaban J connectivity index is 2.39. The number of benzene rings is 1. The number of nitrogens with zero attached hydrogens (tertiary/aromatic N) is 1. The Morgan fingerprint density at radius 1 is 1.47 bits per heavy atom. The smallest absolute Gasteiger partial charge is 0.170 e. The molecule has 104 valence electrons. The van der Waals surface area contributed by atoms with Crippen LogP contribution in [-0.4, -0.2) is 30.8 Å². The van der Waals surface area contributed by atoms with Crippen LogP contribution in [0.4, 0.5) is 0 Å². The molecule has 0 aliphatic rings. The van der Waals surface area contributed by atoms with Crippen molar-refractivity contribution >= 4 is 5.84 Å². The van der Waals surface area contributed by atoms with Gasteiger partial charge in [-0.1, -0.05) is 41.6 Å². The number of hydrogen-bond donors (Lipinski definition) is 3. The minimum atomic E-state index is 0.121. The van der Waals surface area contributed by atoms with E-state index in [1.807, 2.05) is 31.2 Å². The van der Waals surface area contributed by atoms with Gasteiger partial charge in [0.15, 0.2) is 5.84 Å². The van der Waals surface area contributed by atoms with Gasteiger partial charge in [0.1, 0.15) is 0 Å². The van der Waals surface area contributed by atoms with Crippen LogP contribution in [-0.2, 0) is 11.3 Å². The molecule has 0 heterocycles. The van der Waals surface area contributed by atoms with Crippen molar-refractivity contribution in [3.05, 3.63) is 47.5 Å². The summed E-state index contributed by atoms with van der Waals surface area (Å²) < 4.78 is 5.38. The first-order valence-electron chi connectivity index (χ1n) is 6.13. The molecule has 1 aromatic carbocycles. The molecule has 19 heavy (non-hydrogen) atoms. The Labute approximate surface area is 113 Å². The van der Waals surface area contributed by atoms with Gasteiger partial charge >= 0.3 is 0 Å². The van der Waals surface area contributed by atoms with Crippen LogP contribution in [0.3, 0.4) is 0 Å². The third kappa shape index (κ3) is 5.54. The van der Waals surface area contributed by atoms with Crippen molar-refractivity contribution in [2.24, 2.45) is 10.9 Å². The zero-order valence-electron chi connectivity index (χ0n) is 11.2. The molecule has 0 bridgehead atoms. The molecular formula is C14H21N3O2. The second-order valence-electron chi connectivity index (χ2n) is 4.33. The van der Waals surface area contributed by atoms with E-state index in [0.717, 1.165) is 23.2 Å². The fourth-order valence-electron chi connectivity index (χ4n) is 1.59. The lowest BCUT2D eigenvalue weighted by atomic mass is 10.1. The maximum Gasteiger partial charge on any atom is 0.170 e. The fraction of sp³-hybridized carbons (Fsp3) is 0.357. The van der Waals surface area contributed by atoms with Crippen LogP contribution >= 0.6 is 0 Å². The van der Waals surface area contributed by atoms with E-state index in [-0.39, 0.29) is 5.84 Å². The van der Waals surface area contributed by atoms with E-state index >= 15 is 0 Å². The van der Waals surface area contributed by atoms with Crippen LogP contribution in [0.1, 0.15) is 18.1 Å². The first kappa shape index (κ1) is 15.2. The highest BCUT2D eigenvalue weighted by atomic mass is 16.5. The largest absolute Gasteiger partial charge is 0.409 e. The van der Waals surface area contributed by atoms with Crippen molar-refractivity contribution in [1.82, 2.24) is 5.32 Å². The van der Waals surface area contributed by atoms with Crippen LogP contribution in [0.2, 0.25) is 0 Å². The molecule has 0 radical (unpaired) electrons. The molecular weight excluding hydrogens is 242 g/mol. The summed E-state index contributed by atoms with van der Waals surface area (Å²) in [7, 11) is 0. The zero-order chi connectivity index (χ0) is 14.1. The van der Waals surface area contributed by atoms with E-state index in [4.69, 9.17) is 15.7 Å². The van der Waals surface area contributed by atoms with Gasteiger partial charge in [-0.25, -0.2) is 0 Å². The average molecular weight is 263 g/mol. The highest BCUT2D eigenvalue weighted by molar-refractivity contribution is 5.98. The lowest BCUT2D eigenvalue weighted by Gasteiger charge is -2.09. The zero-order valence-corrected chi connectivity index (χ0v) is 11.2. The Morgan fingerprint density at radius 2 is 2.21 bits per heavy atom. The summed E-state index contributed by atoms with van der Waals surface area (Å²) in [5.41, 5.74) is 8.35. The number of rotatable bonds is 8. The van der Waals surface area contributed by atoms with E-state index in [1.54, 1.807) is 0 Å². The summed E-state index contributed by atoms with van der Waals surface area (Å²) in [4.78, 5) is 0. The summed E-state index contributed by atoms with van der Waals surface area (Å²) in [6.07, 6.45) is 0. The minimum absolute atomic E-state index is 0.121. The molecule has 0 fully saturated rings. The summed E-state index contributed by atoms with van der Waals surface area (Å²) >= 11 is 0. The monoisotopic (exact) mass is 263 g/mol. The van der Waals surface area contributed by atoms with Crippen molar-refractivity contribution in [3.63, 3.8) is 0 Å². The van der Waals surface area contributed by atoms with Gasteiger partial charge in [0.2, 0.25) is 0 Å². The van der Waals surface area contributed by atoms with Crippen LogP contribution in [0, 0.1) is 0 Å². The Bertz CT molecular complexity index is 444. The predicted molar refractivity (Wildman–Crippen MR) is 76.3 cm³/mol. The van der Waals surface area contributed by atoms with Gasteiger partial charge in [0.05, 0.1) is 13.2 Å². The number of nitrogens with one attached hydrogen (secondary N) is 1. The molecule has 0 saturated carbocycles. The Morgan fingerprint density at radius 3 is 2.89 bits per heavy atom. The van der Waals surface area contributed by atoms with Crippen LogP contribution < -0.4 is 11.1 Å². The maximum absolute atomic E-state index is 8.72. The lowest BCUT2D eigenvalue weighted by molar-refractivity contribution is 0.158. The first-order valence-corrected chi connectivity index (χ1v) is 6.13. The van der Waals surface area contributed by atoms with Gasteiger partial charge in [0.25, 0.3) is 0 Å². The Kier molecular flexibility index (Phi) is 6.63. The molecule has 5 nitrogen and oxygen atoms in total. The number of ether oxygens (including phenoxy) is 1. The minimum Gasteiger partial charge on any atom is -0.409 e. The molecule has 1 rings (SSSR count). The van der Waals surface area contributed by atoms with Crippen molar-refractivity contribution in [2.45, 2.75) is 13.5 Å². The highest BCUT2D eigenvalue weighted by Crippen LogP contribution is 2.07. The fourth-order valence-corrected chi connectivity index (χ4v) is 1.59. The molecule has 5 heteroatoms. The van der Waals surface area contributed by atoms with Gasteiger partial charge in [-0.05, 0) is 12.5 Å². The molecule has 0 unspecified atom stereocenters. The molecule has 0 aromatic heterocycles. The van der Waals surface area contributed by atoms with Gasteiger partial charge in [-0.15, -0.1) is 0 Å². The van der Waals surface area contributed by atoms with E-state index in [2.05, 4.69) is 17.1 Å². The van der Waals surface area contributed by atoms with Crippen molar-refractivity contribution in [2.75, 3.05) is 19.8 Å². The van der Waals surface area contributed by atoms with Gasteiger partial charge in [-0.2, -0.15) is 0 Å². The van der Waals surface area contributed by atoms with E-state index < -0.39 is 0 Å². The summed E-state index contributed by atoms with van der Waals surface area (Å²) in [6.45, 7) is 8.28. The third-order valence-electron chi connectivity index (χ3n) is 2.49. The molecule has 0 amide bonds. The Hall–Kier alpha value is -1.85. The topological polar surface area (TPSA) is 79.9 Å². The number of amidine groups is 1. The van der Waals surface area contributed by atoms with Crippen molar-refractivity contribution < 1.29 is 9.94 Å². The summed E-state index contributed by atoms with van der Waals surface area (Å²) in [5, 5.41) is 15.0. The number of hydrogen-bond acceptors (Lipinski definition) is 4. The molecule has 1 aromatic rings. The van der Waals surface area contributed by atoms with E-state index in [1.165, 1.54) is 0 Å². The van der Waals surface area contributed by atoms with E-state index in [9.17, 15) is 0 Å². The average Bonchev–Trinajstić information content (AvgIpc) is 2.42. The van der Waals surface area contributed by atoms with Gasteiger partial charge < -0.3 is 21.0 Å². The third-order valence-corrected chi connectivity index (χ3v) is 2.49. The van der Waals surface area contributed by atoms with Crippen LogP contribution in [0.5, 0.6) is 0 Å². The van der Waals surface area contributed by atoms with Crippen LogP contribution in [0.15, 0.2) is 41.6 Å². The normalized spacial score (nSPS) is 11.5. The quantitative estimate of drug-likeness (QED) is 0.166. The lowest BCUT2D eigenvalue weighted by Crippen LogP contribution is -2.22. The van der Waals surface area contributed by atoms with Gasteiger partial charge in [0, 0.05) is 18.7 Å². The molecule has 0 saturated heterocycles.